The molecule has 31 heavy (non-hydrogen) atoms. The molecule has 0 saturated heterocycles. The van der Waals surface area contributed by atoms with Crippen LogP contribution in [0.2, 0.25) is 0 Å². The lowest BCUT2D eigenvalue weighted by Gasteiger charge is -2.40. The molecule has 148 valence electrons. The van der Waals surface area contributed by atoms with Crippen LogP contribution < -0.4 is 0 Å². The van der Waals surface area contributed by atoms with Crippen LogP contribution in [0.15, 0.2) is 111 Å². The second kappa shape index (κ2) is 6.48. The van der Waals surface area contributed by atoms with Crippen molar-refractivity contribution in [2.75, 3.05) is 0 Å². The van der Waals surface area contributed by atoms with E-state index in [1.165, 1.54) is 54.0 Å². The fourth-order valence-corrected chi connectivity index (χ4v) is 7.67. The molecule has 0 amide bonds. The molecular formula is C29H19BrS. The van der Waals surface area contributed by atoms with E-state index in [1.807, 2.05) is 11.8 Å². The summed E-state index contributed by atoms with van der Waals surface area (Å²) >= 11 is 5.62. The predicted molar refractivity (Wildman–Crippen MR) is 134 cm³/mol. The van der Waals surface area contributed by atoms with Crippen molar-refractivity contribution in [1.82, 2.24) is 0 Å². The Hall–Kier alpha value is -2.55. The lowest BCUT2D eigenvalue weighted by atomic mass is 9.66. The van der Waals surface area contributed by atoms with Crippen molar-refractivity contribution in [2.45, 2.75) is 28.0 Å². The zero-order chi connectivity index (χ0) is 20.6. The zero-order valence-corrected chi connectivity index (χ0v) is 19.3. The Bertz CT molecular complexity index is 1480. The fraction of sp³-hybridized carbons (Fsp3) is 0.103. The quantitative estimate of drug-likeness (QED) is 0.244. The van der Waals surface area contributed by atoms with Gasteiger partial charge in [0.25, 0.3) is 0 Å². The van der Waals surface area contributed by atoms with Gasteiger partial charge in [-0.2, -0.15) is 0 Å². The number of allylic oxidation sites excluding steroid dienone is 4. The molecule has 1 aliphatic heterocycles. The number of rotatable bonds is 0. The molecule has 0 radical (unpaired) electrons. The summed E-state index contributed by atoms with van der Waals surface area (Å²) in [6.45, 7) is 0. The van der Waals surface area contributed by atoms with Crippen LogP contribution in [0.25, 0.3) is 16.3 Å². The van der Waals surface area contributed by atoms with E-state index in [0.717, 1.165) is 17.3 Å². The molecule has 0 fully saturated rings. The highest BCUT2D eigenvalue weighted by molar-refractivity contribution is 9.10. The van der Waals surface area contributed by atoms with Crippen LogP contribution in [0.4, 0.5) is 0 Å². The number of benzene rings is 4. The van der Waals surface area contributed by atoms with Crippen molar-refractivity contribution in [2.24, 2.45) is 0 Å². The lowest BCUT2D eigenvalue weighted by Crippen LogP contribution is -2.32. The third-order valence-corrected chi connectivity index (χ3v) is 8.69. The summed E-state index contributed by atoms with van der Waals surface area (Å²) in [6.07, 6.45) is 7.01. The maximum atomic E-state index is 3.72. The van der Waals surface area contributed by atoms with Crippen LogP contribution in [0.3, 0.4) is 0 Å². The molecule has 1 atom stereocenters. The van der Waals surface area contributed by atoms with Crippen molar-refractivity contribution in [3.8, 4) is 0 Å². The van der Waals surface area contributed by atoms with Gasteiger partial charge in [0, 0.05) is 14.3 Å². The summed E-state index contributed by atoms with van der Waals surface area (Å²) in [5, 5.41) is 2.71. The summed E-state index contributed by atoms with van der Waals surface area (Å²) in [5.41, 5.74) is 8.50. The molecule has 0 aromatic heterocycles. The molecule has 0 bridgehead atoms. The topological polar surface area (TPSA) is 0 Å². The Balaban J connectivity index is 1.71. The first-order valence-electron chi connectivity index (χ1n) is 10.8. The number of hydrogen-bond acceptors (Lipinski definition) is 1. The molecule has 1 unspecified atom stereocenters. The smallest absolute Gasteiger partial charge is 0.0732 e. The summed E-state index contributed by atoms with van der Waals surface area (Å²) in [4.78, 5) is 2.71. The average Bonchev–Trinajstić information content (AvgIpc) is 3.11. The highest BCUT2D eigenvalue weighted by atomic mass is 79.9. The van der Waals surface area contributed by atoms with Gasteiger partial charge in [-0.3, -0.25) is 0 Å². The third-order valence-electron chi connectivity index (χ3n) is 7.07. The Morgan fingerprint density at radius 2 is 1.58 bits per heavy atom. The molecular weight excluding hydrogens is 460 g/mol. The van der Waals surface area contributed by atoms with Gasteiger partial charge in [-0.15, -0.1) is 0 Å². The van der Waals surface area contributed by atoms with Crippen molar-refractivity contribution >= 4 is 44.0 Å². The molecule has 0 nitrogen and oxygen atoms in total. The molecule has 0 saturated carbocycles. The largest absolute Gasteiger partial charge is 0.0894 e. The minimum Gasteiger partial charge on any atom is -0.0894 e. The van der Waals surface area contributed by atoms with Crippen molar-refractivity contribution in [3.63, 3.8) is 0 Å². The van der Waals surface area contributed by atoms with Crippen LogP contribution >= 0.6 is 27.7 Å². The van der Waals surface area contributed by atoms with Gasteiger partial charge >= 0.3 is 0 Å². The molecule has 2 aliphatic carbocycles. The Labute approximate surface area is 194 Å². The first-order chi connectivity index (χ1) is 15.3. The average molecular weight is 479 g/mol. The number of hydrogen-bond donors (Lipinski definition) is 0. The van der Waals surface area contributed by atoms with Crippen LogP contribution in [-0.4, -0.2) is 0 Å². The summed E-state index contributed by atoms with van der Waals surface area (Å²) < 4.78 is 1.14. The van der Waals surface area contributed by atoms with E-state index >= 15 is 0 Å². The van der Waals surface area contributed by atoms with Crippen LogP contribution in [0.1, 0.15) is 35.1 Å². The van der Waals surface area contributed by atoms with E-state index in [1.54, 1.807) is 0 Å². The van der Waals surface area contributed by atoms with Gasteiger partial charge in [0.1, 0.15) is 0 Å². The molecule has 7 rings (SSSR count). The Kier molecular flexibility index (Phi) is 3.77. The van der Waals surface area contributed by atoms with Gasteiger partial charge in [-0.05, 0) is 75.2 Å². The maximum Gasteiger partial charge on any atom is 0.0732 e. The van der Waals surface area contributed by atoms with E-state index in [-0.39, 0.29) is 5.41 Å². The van der Waals surface area contributed by atoms with Crippen LogP contribution in [0, 0.1) is 0 Å². The Morgan fingerprint density at radius 1 is 0.774 bits per heavy atom. The van der Waals surface area contributed by atoms with Crippen LogP contribution in [0.5, 0.6) is 0 Å². The molecule has 2 heteroatoms. The van der Waals surface area contributed by atoms with Gasteiger partial charge in [0.2, 0.25) is 0 Å². The van der Waals surface area contributed by atoms with E-state index in [9.17, 15) is 0 Å². The molecule has 4 aromatic carbocycles. The van der Waals surface area contributed by atoms with Gasteiger partial charge in [-0.1, -0.05) is 101 Å². The van der Waals surface area contributed by atoms with Crippen LogP contribution in [-0.2, 0) is 5.41 Å². The summed E-state index contributed by atoms with van der Waals surface area (Å²) in [6, 6.07) is 29.5. The molecule has 3 aliphatic rings. The lowest BCUT2D eigenvalue weighted by molar-refractivity contribution is 0.713. The minimum atomic E-state index is -0.247. The van der Waals surface area contributed by atoms with Gasteiger partial charge in [0.15, 0.2) is 0 Å². The molecule has 4 aromatic rings. The van der Waals surface area contributed by atoms with Gasteiger partial charge in [0.05, 0.1) is 5.41 Å². The standard InChI is InChI=1S/C29H19BrS/c30-19-14-16-24-27(17-19)31-26-12-6-5-11-23(26)29(24)22-10-4-3-9-21(22)28-20-8-2-1-7-18(20)13-15-25(28)29/h1-2,4-8,10-17H,3,9H2. The number of halogens is 1. The predicted octanol–water partition coefficient (Wildman–Crippen LogP) is 8.52. The van der Waals surface area contributed by atoms with Gasteiger partial charge in [-0.25, -0.2) is 0 Å². The van der Waals surface area contributed by atoms with Crippen molar-refractivity contribution in [3.05, 3.63) is 123 Å². The SMILES string of the molecule is Brc1ccc2c(c1)Sc1ccccc1C21C2=C(CCC=C2)c2c1ccc1ccccc21. The van der Waals surface area contributed by atoms with E-state index in [4.69, 9.17) is 0 Å². The highest BCUT2D eigenvalue weighted by Crippen LogP contribution is 2.63. The normalized spacial score (nSPS) is 20.5. The molecule has 0 N–H and O–H groups in total. The number of fused-ring (bicyclic) bond motifs is 10. The van der Waals surface area contributed by atoms with E-state index < -0.39 is 0 Å². The first-order valence-corrected chi connectivity index (χ1v) is 12.4. The maximum absolute atomic E-state index is 3.72. The minimum absolute atomic E-state index is 0.247. The van der Waals surface area contributed by atoms with Crippen molar-refractivity contribution < 1.29 is 0 Å². The fourth-order valence-electron chi connectivity index (χ4n) is 5.93. The van der Waals surface area contributed by atoms with Gasteiger partial charge < -0.3 is 0 Å². The highest BCUT2D eigenvalue weighted by Gasteiger charge is 2.51. The molecule has 1 spiro atoms. The van der Waals surface area contributed by atoms with E-state index in [2.05, 4.69) is 107 Å². The van der Waals surface area contributed by atoms with E-state index in [0.29, 0.717) is 0 Å². The summed E-state index contributed by atoms with van der Waals surface area (Å²) in [7, 11) is 0. The third kappa shape index (κ3) is 2.27. The molecule has 1 heterocycles. The summed E-state index contributed by atoms with van der Waals surface area (Å²) in [5.74, 6) is 0. The Morgan fingerprint density at radius 3 is 2.55 bits per heavy atom. The monoisotopic (exact) mass is 478 g/mol. The second-order valence-corrected chi connectivity index (χ2v) is 10.5. The second-order valence-electron chi connectivity index (χ2n) is 8.53. The zero-order valence-electron chi connectivity index (χ0n) is 16.9. The van der Waals surface area contributed by atoms with Crippen molar-refractivity contribution in [1.29, 1.82) is 0 Å². The first kappa shape index (κ1) is 18.1.